The van der Waals surface area contributed by atoms with Gasteiger partial charge in [0.05, 0.1) is 9.79 Å². The molecule has 24 heavy (non-hydrogen) atoms. The van der Waals surface area contributed by atoms with Crippen molar-refractivity contribution in [3.05, 3.63) is 48.7 Å². The van der Waals surface area contributed by atoms with Crippen molar-refractivity contribution >= 4 is 25.9 Å². The SMILES string of the molecule is O=S(=O)(Nc1ccccn1)c1cccc(S(=O)(=O)N2CCCC2)c1. The topological polar surface area (TPSA) is 96.4 Å². The number of anilines is 1. The summed E-state index contributed by atoms with van der Waals surface area (Å²) in [4.78, 5) is 3.77. The molecule has 0 aliphatic carbocycles. The van der Waals surface area contributed by atoms with Crippen LogP contribution in [0.2, 0.25) is 0 Å². The molecule has 0 amide bonds. The molecule has 0 bridgehead atoms. The zero-order valence-corrected chi connectivity index (χ0v) is 14.4. The highest BCUT2D eigenvalue weighted by molar-refractivity contribution is 7.93. The van der Waals surface area contributed by atoms with Gasteiger partial charge in [-0.1, -0.05) is 12.1 Å². The Balaban J connectivity index is 1.92. The number of rotatable bonds is 5. The van der Waals surface area contributed by atoms with Crippen LogP contribution >= 0.6 is 0 Å². The smallest absolute Gasteiger partial charge is 0.263 e. The summed E-state index contributed by atoms with van der Waals surface area (Å²) in [6.45, 7) is 0.928. The molecular formula is C15H17N3O4S2. The Morgan fingerprint density at radius 1 is 0.917 bits per heavy atom. The highest BCUT2D eigenvalue weighted by atomic mass is 32.2. The van der Waals surface area contributed by atoms with Crippen LogP contribution in [0.1, 0.15) is 12.8 Å². The molecule has 1 N–H and O–H groups in total. The Bertz CT molecular complexity index is 922. The molecule has 0 saturated carbocycles. The number of hydrogen-bond acceptors (Lipinski definition) is 5. The Kier molecular flexibility index (Phi) is 4.57. The third kappa shape index (κ3) is 3.42. The molecule has 3 rings (SSSR count). The molecule has 128 valence electrons. The van der Waals surface area contributed by atoms with Crippen LogP contribution in [0.3, 0.4) is 0 Å². The van der Waals surface area contributed by atoms with Gasteiger partial charge in [0.15, 0.2) is 0 Å². The zero-order valence-electron chi connectivity index (χ0n) is 12.8. The van der Waals surface area contributed by atoms with Gasteiger partial charge in [-0.3, -0.25) is 4.72 Å². The van der Waals surface area contributed by atoms with Crippen molar-refractivity contribution in [2.24, 2.45) is 0 Å². The summed E-state index contributed by atoms with van der Waals surface area (Å²) >= 11 is 0. The first-order valence-corrected chi connectivity index (χ1v) is 10.4. The van der Waals surface area contributed by atoms with E-state index in [-0.39, 0.29) is 15.6 Å². The minimum absolute atomic E-state index is 0.0201. The Hall–Kier alpha value is -1.97. The fraction of sp³-hybridized carbons (Fsp3) is 0.267. The summed E-state index contributed by atoms with van der Waals surface area (Å²) in [6.07, 6.45) is 3.10. The Morgan fingerprint density at radius 2 is 1.62 bits per heavy atom. The molecule has 1 aliphatic rings. The number of nitrogens with zero attached hydrogens (tertiary/aromatic N) is 2. The van der Waals surface area contributed by atoms with Gasteiger partial charge in [-0.2, -0.15) is 4.31 Å². The first-order chi connectivity index (χ1) is 11.4. The molecular weight excluding hydrogens is 350 g/mol. The van der Waals surface area contributed by atoms with Crippen LogP contribution < -0.4 is 4.72 Å². The van der Waals surface area contributed by atoms with Gasteiger partial charge in [0, 0.05) is 19.3 Å². The van der Waals surface area contributed by atoms with Crippen LogP contribution in [-0.4, -0.2) is 39.2 Å². The first-order valence-electron chi connectivity index (χ1n) is 7.44. The summed E-state index contributed by atoms with van der Waals surface area (Å²) in [6, 6.07) is 10.2. The van der Waals surface area contributed by atoms with E-state index in [1.165, 1.54) is 40.8 Å². The quantitative estimate of drug-likeness (QED) is 0.867. The molecule has 7 nitrogen and oxygen atoms in total. The lowest BCUT2D eigenvalue weighted by molar-refractivity contribution is 0.477. The van der Waals surface area contributed by atoms with Gasteiger partial charge in [-0.15, -0.1) is 0 Å². The summed E-state index contributed by atoms with van der Waals surface area (Å²) in [5, 5.41) is 0. The molecule has 9 heteroatoms. The van der Waals surface area contributed by atoms with Crippen molar-refractivity contribution in [2.75, 3.05) is 17.8 Å². The molecule has 0 spiro atoms. The summed E-state index contributed by atoms with van der Waals surface area (Å²) < 4.78 is 53.7. The van der Waals surface area contributed by atoms with Crippen LogP contribution in [0, 0.1) is 0 Å². The predicted molar refractivity (Wildman–Crippen MR) is 89.5 cm³/mol. The molecule has 0 unspecified atom stereocenters. The average Bonchev–Trinajstić information content (AvgIpc) is 3.11. The maximum Gasteiger partial charge on any atom is 0.263 e. The van der Waals surface area contributed by atoms with E-state index in [0.717, 1.165) is 12.8 Å². The van der Waals surface area contributed by atoms with Crippen LogP contribution in [0.15, 0.2) is 58.5 Å². The molecule has 1 saturated heterocycles. The number of aromatic nitrogens is 1. The third-order valence-electron chi connectivity index (χ3n) is 3.72. The number of pyridine rings is 1. The second-order valence-electron chi connectivity index (χ2n) is 5.41. The lowest BCUT2D eigenvalue weighted by Crippen LogP contribution is -2.28. The average molecular weight is 367 g/mol. The maximum absolute atomic E-state index is 12.6. The Morgan fingerprint density at radius 3 is 2.29 bits per heavy atom. The predicted octanol–water partition coefficient (Wildman–Crippen LogP) is 1.67. The largest absolute Gasteiger partial charge is 0.263 e. The zero-order chi connectivity index (χ0) is 17.2. The molecule has 1 aliphatic heterocycles. The fourth-order valence-corrected chi connectivity index (χ4v) is 5.19. The van der Waals surface area contributed by atoms with E-state index in [2.05, 4.69) is 9.71 Å². The van der Waals surface area contributed by atoms with Gasteiger partial charge in [0.25, 0.3) is 10.0 Å². The van der Waals surface area contributed by atoms with E-state index in [1.807, 2.05) is 0 Å². The number of sulfonamides is 2. The molecule has 2 heterocycles. The summed E-state index contributed by atoms with van der Waals surface area (Å²) in [7, 11) is -7.58. The van der Waals surface area contributed by atoms with Gasteiger partial charge in [-0.25, -0.2) is 21.8 Å². The van der Waals surface area contributed by atoms with Crippen molar-refractivity contribution < 1.29 is 16.8 Å². The van der Waals surface area contributed by atoms with Crippen LogP contribution in [-0.2, 0) is 20.0 Å². The molecule has 1 aromatic heterocycles. The van der Waals surface area contributed by atoms with E-state index in [9.17, 15) is 16.8 Å². The van der Waals surface area contributed by atoms with Gasteiger partial charge >= 0.3 is 0 Å². The van der Waals surface area contributed by atoms with Crippen molar-refractivity contribution in [1.29, 1.82) is 0 Å². The van der Waals surface area contributed by atoms with Crippen molar-refractivity contribution in [2.45, 2.75) is 22.6 Å². The van der Waals surface area contributed by atoms with Crippen molar-refractivity contribution in [1.82, 2.24) is 9.29 Å². The Labute approximate surface area is 141 Å². The summed E-state index contributed by atoms with van der Waals surface area (Å²) in [5.74, 6) is 0.172. The van der Waals surface area contributed by atoms with Crippen LogP contribution in [0.4, 0.5) is 5.82 Å². The first kappa shape index (κ1) is 16.9. The van der Waals surface area contributed by atoms with Crippen molar-refractivity contribution in [3.63, 3.8) is 0 Å². The normalized spacial score (nSPS) is 16.2. The lowest BCUT2D eigenvalue weighted by atomic mass is 10.4. The monoisotopic (exact) mass is 367 g/mol. The standard InChI is InChI=1S/C15H17N3O4S2/c19-23(20,17-15-8-1-2-9-16-15)13-6-5-7-14(12-13)24(21,22)18-10-3-4-11-18/h1-2,5-9,12H,3-4,10-11H2,(H,16,17). The second kappa shape index (κ2) is 6.50. The highest BCUT2D eigenvalue weighted by Crippen LogP contribution is 2.23. The maximum atomic E-state index is 12.6. The van der Waals surface area contributed by atoms with Gasteiger partial charge in [0.2, 0.25) is 10.0 Å². The van der Waals surface area contributed by atoms with E-state index in [0.29, 0.717) is 13.1 Å². The van der Waals surface area contributed by atoms with Gasteiger partial charge in [-0.05, 0) is 43.2 Å². The van der Waals surface area contributed by atoms with Crippen LogP contribution in [0.5, 0.6) is 0 Å². The minimum atomic E-state index is -3.92. The molecule has 1 fully saturated rings. The van der Waals surface area contributed by atoms with Crippen molar-refractivity contribution in [3.8, 4) is 0 Å². The van der Waals surface area contributed by atoms with E-state index >= 15 is 0 Å². The second-order valence-corrected chi connectivity index (χ2v) is 9.03. The highest BCUT2D eigenvalue weighted by Gasteiger charge is 2.28. The third-order valence-corrected chi connectivity index (χ3v) is 6.97. The number of nitrogens with one attached hydrogen (secondary N) is 1. The molecule has 0 atom stereocenters. The fourth-order valence-electron chi connectivity index (χ4n) is 2.50. The van der Waals surface area contributed by atoms with Crippen LogP contribution in [0.25, 0.3) is 0 Å². The minimum Gasteiger partial charge on any atom is -0.263 e. The molecule has 0 radical (unpaired) electrons. The lowest BCUT2D eigenvalue weighted by Gasteiger charge is -2.16. The summed E-state index contributed by atoms with van der Waals surface area (Å²) in [5.41, 5.74) is 0. The molecule has 1 aromatic carbocycles. The van der Waals surface area contributed by atoms with E-state index in [1.54, 1.807) is 12.1 Å². The number of benzene rings is 1. The van der Waals surface area contributed by atoms with E-state index < -0.39 is 20.0 Å². The number of hydrogen-bond donors (Lipinski definition) is 1. The van der Waals surface area contributed by atoms with E-state index in [4.69, 9.17) is 0 Å². The van der Waals surface area contributed by atoms with Gasteiger partial charge in [0.1, 0.15) is 5.82 Å². The molecule has 2 aromatic rings. The van der Waals surface area contributed by atoms with Gasteiger partial charge < -0.3 is 0 Å².